The molecule has 0 radical (unpaired) electrons. The molecule has 0 saturated carbocycles. The van der Waals surface area contributed by atoms with Gasteiger partial charge in [0.1, 0.15) is 6.10 Å². The molecule has 1 amide bonds. The predicted molar refractivity (Wildman–Crippen MR) is 84.0 cm³/mol. The van der Waals surface area contributed by atoms with Crippen molar-refractivity contribution in [1.29, 1.82) is 0 Å². The molecular weight excluding hydrogens is 288 g/mol. The summed E-state index contributed by atoms with van der Waals surface area (Å²) in [4.78, 5) is 16.6. The monoisotopic (exact) mass is 308 g/mol. The van der Waals surface area contributed by atoms with Gasteiger partial charge in [0.2, 0.25) is 0 Å². The van der Waals surface area contributed by atoms with Gasteiger partial charge in [0.15, 0.2) is 0 Å². The van der Waals surface area contributed by atoms with E-state index >= 15 is 0 Å². The van der Waals surface area contributed by atoms with Crippen LogP contribution in [0.3, 0.4) is 0 Å². The molecule has 2 aliphatic heterocycles. The van der Waals surface area contributed by atoms with Gasteiger partial charge in [-0.2, -0.15) is 0 Å². The van der Waals surface area contributed by atoms with Crippen LogP contribution in [0, 0.1) is 6.92 Å². The number of piperazine rings is 1. The van der Waals surface area contributed by atoms with Crippen LogP contribution in [0.15, 0.2) is 18.2 Å². The summed E-state index contributed by atoms with van der Waals surface area (Å²) in [6, 6.07) is 5.99. The Morgan fingerprint density at radius 1 is 1.29 bits per heavy atom. The van der Waals surface area contributed by atoms with E-state index in [-0.39, 0.29) is 12.0 Å². The van der Waals surface area contributed by atoms with Gasteiger partial charge in [0.05, 0.1) is 0 Å². The van der Waals surface area contributed by atoms with Gasteiger partial charge in [-0.25, -0.2) is 0 Å². The Balaban J connectivity index is 1.62. The average Bonchev–Trinajstić information content (AvgIpc) is 3.04. The lowest BCUT2D eigenvalue weighted by molar-refractivity contribution is -0.141. The fourth-order valence-corrected chi connectivity index (χ4v) is 3.25. The third-order valence-electron chi connectivity index (χ3n) is 4.38. The second-order valence-electron chi connectivity index (χ2n) is 5.70. The summed E-state index contributed by atoms with van der Waals surface area (Å²) in [7, 11) is 0. The van der Waals surface area contributed by atoms with Gasteiger partial charge in [-0.05, 0) is 37.5 Å². The van der Waals surface area contributed by atoms with E-state index in [4.69, 9.17) is 16.3 Å². The van der Waals surface area contributed by atoms with Crippen molar-refractivity contribution < 1.29 is 9.53 Å². The number of hydrogen-bond acceptors (Lipinski definition) is 3. The van der Waals surface area contributed by atoms with E-state index in [0.29, 0.717) is 0 Å². The van der Waals surface area contributed by atoms with Crippen molar-refractivity contribution >= 4 is 23.2 Å². The van der Waals surface area contributed by atoms with Crippen LogP contribution in [0.2, 0.25) is 5.02 Å². The second kappa shape index (κ2) is 6.24. The number of halogens is 1. The van der Waals surface area contributed by atoms with E-state index in [1.165, 1.54) is 5.69 Å². The molecule has 0 spiro atoms. The molecule has 1 aromatic carbocycles. The summed E-state index contributed by atoms with van der Waals surface area (Å²) in [5.41, 5.74) is 2.28. The summed E-state index contributed by atoms with van der Waals surface area (Å²) in [6.45, 7) is 5.97. The molecule has 2 saturated heterocycles. The maximum Gasteiger partial charge on any atom is 0.251 e. The first kappa shape index (κ1) is 14.7. The van der Waals surface area contributed by atoms with E-state index in [2.05, 4.69) is 11.0 Å². The van der Waals surface area contributed by atoms with Crippen LogP contribution in [0.4, 0.5) is 5.69 Å². The summed E-state index contributed by atoms with van der Waals surface area (Å²) in [6.07, 6.45) is 1.66. The Hall–Kier alpha value is -1.26. The summed E-state index contributed by atoms with van der Waals surface area (Å²) in [5, 5.41) is 0.797. The Morgan fingerprint density at radius 2 is 2.05 bits per heavy atom. The first-order chi connectivity index (χ1) is 10.2. The fraction of sp³-hybridized carbons (Fsp3) is 0.562. The van der Waals surface area contributed by atoms with Crippen LogP contribution in [0.5, 0.6) is 0 Å². The van der Waals surface area contributed by atoms with Gasteiger partial charge in [-0.3, -0.25) is 4.79 Å². The summed E-state index contributed by atoms with van der Waals surface area (Å²) >= 11 is 6.19. The number of carbonyl (C=O) groups is 1. The van der Waals surface area contributed by atoms with Crippen molar-refractivity contribution in [3.8, 4) is 0 Å². The van der Waals surface area contributed by atoms with Crippen LogP contribution < -0.4 is 4.90 Å². The molecule has 4 nitrogen and oxygen atoms in total. The zero-order valence-electron chi connectivity index (χ0n) is 12.3. The first-order valence-corrected chi connectivity index (χ1v) is 7.95. The third kappa shape index (κ3) is 3.01. The average molecular weight is 309 g/mol. The molecule has 3 rings (SSSR count). The molecule has 0 bridgehead atoms. The molecule has 2 heterocycles. The minimum atomic E-state index is -0.204. The lowest BCUT2D eigenvalue weighted by atomic mass is 10.1. The van der Waals surface area contributed by atoms with E-state index in [9.17, 15) is 4.79 Å². The van der Waals surface area contributed by atoms with E-state index in [0.717, 1.165) is 56.2 Å². The molecule has 21 heavy (non-hydrogen) atoms. The Kier molecular flexibility index (Phi) is 4.36. The quantitative estimate of drug-likeness (QED) is 0.841. The number of carbonyl (C=O) groups excluding carboxylic acids is 1. The van der Waals surface area contributed by atoms with Crippen molar-refractivity contribution in [3.05, 3.63) is 28.8 Å². The highest BCUT2D eigenvalue weighted by Crippen LogP contribution is 2.27. The molecule has 1 aromatic rings. The Bertz CT molecular complexity index is 521. The maximum atomic E-state index is 12.3. The van der Waals surface area contributed by atoms with Crippen LogP contribution in [-0.2, 0) is 9.53 Å². The first-order valence-electron chi connectivity index (χ1n) is 7.57. The summed E-state index contributed by atoms with van der Waals surface area (Å²) in [5.74, 6) is 0.162. The summed E-state index contributed by atoms with van der Waals surface area (Å²) < 4.78 is 5.49. The van der Waals surface area contributed by atoms with Gasteiger partial charge >= 0.3 is 0 Å². The zero-order valence-corrected chi connectivity index (χ0v) is 13.1. The van der Waals surface area contributed by atoms with Gasteiger partial charge in [-0.1, -0.05) is 17.7 Å². The third-order valence-corrected chi connectivity index (χ3v) is 4.79. The van der Waals surface area contributed by atoms with E-state index in [1.807, 2.05) is 24.0 Å². The molecule has 2 fully saturated rings. The smallest absolute Gasteiger partial charge is 0.251 e. The molecule has 1 atom stereocenters. The second-order valence-corrected chi connectivity index (χ2v) is 6.11. The van der Waals surface area contributed by atoms with Crippen LogP contribution >= 0.6 is 11.6 Å². The number of anilines is 1. The van der Waals surface area contributed by atoms with Crippen LogP contribution in [-0.4, -0.2) is 49.7 Å². The fourth-order valence-electron chi connectivity index (χ4n) is 3.08. The molecule has 5 heteroatoms. The highest BCUT2D eigenvalue weighted by Gasteiger charge is 2.30. The minimum Gasteiger partial charge on any atom is -0.368 e. The highest BCUT2D eigenvalue weighted by molar-refractivity contribution is 6.31. The lowest BCUT2D eigenvalue weighted by Crippen LogP contribution is -2.51. The Morgan fingerprint density at radius 3 is 2.71 bits per heavy atom. The molecule has 0 N–H and O–H groups in total. The van der Waals surface area contributed by atoms with E-state index < -0.39 is 0 Å². The van der Waals surface area contributed by atoms with Crippen molar-refractivity contribution in [3.63, 3.8) is 0 Å². The van der Waals surface area contributed by atoms with Gasteiger partial charge < -0.3 is 14.5 Å². The largest absolute Gasteiger partial charge is 0.368 e. The molecule has 1 unspecified atom stereocenters. The maximum absolute atomic E-state index is 12.3. The zero-order chi connectivity index (χ0) is 14.8. The van der Waals surface area contributed by atoms with Gasteiger partial charge in [0.25, 0.3) is 5.91 Å². The number of nitrogens with zero attached hydrogens (tertiary/aromatic N) is 2. The van der Waals surface area contributed by atoms with Crippen molar-refractivity contribution in [2.75, 3.05) is 37.7 Å². The number of amides is 1. The lowest BCUT2D eigenvalue weighted by Gasteiger charge is -2.37. The SMILES string of the molecule is Cc1c(Cl)cccc1N1CCN(C(=O)C2CCCO2)CC1. The topological polar surface area (TPSA) is 32.8 Å². The van der Waals surface area contributed by atoms with Gasteiger partial charge in [0, 0.05) is 43.5 Å². The predicted octanol–water partition coefficient (Wildman–Crippen LogP) is 2.48. The van der Waals surface area contributed by atoms with Crippen LogP contribution in [0.1, 0.15) is 18.4 Å². The standard InChI is InChI=1S/C16H21ClN2O2/c1-12-13(17)4-2-5-14(12)18-7-9-19(10-8-18)16(20)15-6-3-11-21-15/h2,4-5,15H,3,6-11H2,1H3. The number of ether oxygens (including phenoxy) is 1. The van der Waals surface area contributed by atoms with E-state index in [1.54, 1.807) is 0 Å². The molecular formula is C16H21ClN2O2. The highest BCUT2D eigenvalue weighted by atomic mass is 35.5. The molecule has 0 aromatic heterocycles. The van der Waals surface area contributed by atoms with Crippen molar-refractivity contribution in [1.82, 2.24) is 4.90 Å². The normalized spacial score (nSPS) is 22.7. The number of benzene rings is 1. The van der Waals surface area contributed by atoms with Gasteiger partial charge in [-0.15, -0.1) is 0 Å². The molecule has 0 aliphatic carbocycles. The molecule has 114 valence electrons. The van der Waals surface area contributed by atoms with Crippen molar-refractivity contribution in [2.45, 2.75) is 25.9 Å². The number of hydrogen-bond donors (Lipinski definition) is 0. The molecule has 2 aliphatic rings. The van der Waals surface area contributed by atoms with Crippen molar-refractivity contribution in [2.24, 2.45) is 0 Å². The van der Waals surface area contributed by atoms with Crippen LogP contribution in [0.25, 0.3) is 0 Å². The number of rotatable bonds is 2. The minimum absolute atomic E-state index is 0.162. The Labute approximate surface area is 130 Å².